The molecule has 2 rings (SSSR count). The van der Waals surface area contributed by atoms with Crippen molar-refractivity contribution in [3.63, 3.8) is 0 Å². The molecule has 1 aliphatic rings. The minimum absolute atomic E-state index is 0.212. The molecular formula is C10H15N3O. The van der Waals surface area contributed by atoms with Gasteiger partial charge in [0.2, 0.25) is 0 Å². The lowest BCUT2D eigenvalue weighted by atomic mass is 10.0. The van der Waals surface area contributed by atoms with E-state index in [4.69, 9.17) is 0 Å². The number of anilines is 1. The zero-order valence-electron chi connectivity index (χ0n) is 8.13. The summed E-state index contributed by atoms with van der Waals surface area (Å²) in [6, 6.07) is 2.13. The zero-order chi connectivity index (χ0) is 9.80. The van der Waals surface area contributed by atoms with E-state index in [1.165, 1.54) is 12.8 Å². The second-order valence-electron chi connectivity index (χ2n) is 3.59. The third-order valence-corrected chi connectivity index (χ3v) is 2.70. The monoisotopic (exact) mass is 193 g/mol. The Hall–Kier alpha value is -1.16. The van der Waals surface area contributed by atoms with E-state index in [0.717, 1.165) is 18.8 Å². The van der Waals surface area contributed by atoms with Crippen LogP contribution in [0, 0.1) is 0 Å². The highest BCUT2D eigenvalue weighted by atomic mass is 16.3. The topological polar surface area (TPSA) is 49.2 Å². The van der Waals surface area contributed by atoms with Crippen LogP contribution < -0.4 is 4.90 Å². The van der Waals surface area contributed by atoms with Gasteiger partial charge in [-0.2, -0.15) is 0 Å². The van der Waals surface area contributed by atoms with Gasteiger partial charge in [-0.25, -0.2) is 9.97 Å². The molecule has 0 saturated carbocycles. The molecule has 1 fully saturated rings. The third kappa shape index (κ3) is 1.85. The van der Waals surface area contributed by atoms with Crippen molar-refractivity contribution in [2.24, 2.45) is 0 Å². The largest absolute Gasteiger partial charge is 0.394 e. The highest BCUT2D eigenvalue weighted by Gasteiger charge is 2.22. The lowest BCUT2D eigenvalue weighted by Crippen LogP contribution is -2.42. The number of nitrogens with zero attached hydrogens (tertiary/aromatic N) is 3. The van der Waals surface area contributed by atoms with E-state index in [0.29, 0.717) is 0 Å². The predicted octanol–water partition coefficient (Wildman–Crippen LogP) is 0.828. The van der Waals surface area contributed by atoms with Gasteiger partial charge in [-0.1, -0.05) is 0 Å². The molecule has 1 unspecified atom stereocenters. The quantitative estimate of drug-likeness (QED) is 0.755. The van der Waals surface area contributed by atoms with Crippen LogP contribution in [0.4, 0.5) is 5.82 Å². The molecule has 0 radical (unpaired) electrons. The molecule has 1 aromatic heterocycles. The molecule has 1 N–H and O–H groups in total. The van der Waals surface area contributed by atoms with E-state index >= 15 is 0 Å². The van der Waals surface area contributed by atoms with Crippen molar-refractivity contribution in [2.45, 2.75) is 25.3 Å². The molecule has 14 heavy (non-hydrogen) atoms. The van der Waals surface area contributed by atoms with E-state index < -0.39 is 0 Å². The van der Waals surface area contributed by atoms with Crippen LogP contribution in [0.2, 0.25) is 0 Å². The van der Waals surface area contributed by atoms with Crippen LogP contribution in [0.1, 0.15) is 19.3 Å². The first-order valence-corrected chi connectivity index (χ1v) is 5.05. The van der Waals surface area contributed by atoms with Crippen LogP contribution in [0.5, 0.6) is 0 Å². The summed E-state index contributed by atoms with van der Waals surface area (Å²) >= 11 is 0. The molecule has 2 heterocycles. The molecular weight excluding hydrogens is 178 g/mol. The van der Waals surface area contributed by atoms with Gasteiger partial charge in [-0.05, 0) is 25.3 Å². The molecule has 4 nitrogen and oxygen atoms in total. The summed E-state index contributed by atoms with van der Waals surface area (Å²) in [4.78, 5) is 10.3. The summed E-state index contributed by atoms with van der Waals surface area (Å²) in [5.41, 5.74) is 0. The van der Waals surface area contributed by atoms with Gasteiger partial charge in [0.25, 0.3) is 0 Å². The fourth-order valence-corrected chi connectivity index (χ4v) is 1.95. The smallest absolute Gasteiger partial charge is 0.132 e. The number of hydrogen-bond acceptors (Lipinski definition) is 4. The predicted molar refractivity (Wildman–Crippen MR) is 54.1 cm³/mol. The molecule has 1 aliphatic heterocycles. The summed E-state index contributed by atoms with van der Waals surface area (Å²) in [7, 11) is 0. The van der Waals surface area contributed by atoms with Crippen LogP contribution in [0.25, 0.3) is 0 Å². The summed E-state index contributed by atoms with van der Waals surface area (Å²) in [6.07, 6.45) is 6.73. The van der Waals surface area contributed by atoms with Crippen molar-refractivity contribution >= 4 is 5.82 Å². The second-order valence-corrected chi connectivity index (χ2v) is 3.59. The summed E-state index contributed by atoms with van der Waals surface area (Å²) in [5.74, 6) is 0.929. The maximum Gasteiger partial charge on any atom is 0.132 e. The van der Waals surface area contributed by atoms with Gasteiger partial charge in [0.15, 0.2) is 0 Å². The Morgan fingerprint density at radius 2 is 2.43 bits per heavy atom. The molecule has 0 aliphatic carbocycles. The molecule has 76 valence electrons. The molecule has 0 spiro atoms. The number of aliphatic hydroxyl groups excluding tert-OH is 1. The van der Waals surface area contributed by atoms with Crippen LogP contribution in [0.15, 0.2) is 18.6 Å². The van der Waals surface area contributed by atoms with Crippen LogP contribution in [-0.2, 0) is 0 Å². The summed E-state index contributed by atoms with van der Waals surface area (Å²) < 4.78 is 0. The normalized spacial score (nSPS) is 22.4. The van der Waals surface area contributed by atoms with Crippen molar-refractivity contribution in [3.05, 3.63) is 18.6 Å². The Morgan fingerprint density at radius 1 is 1.50 bits per heavy atom. The Bertz CT molecular complexity index is 278. The SMILES string of the molecule is OCC1CCCCN1c1ccncn1. The first-order chi connectivity index (χ1) is 6.92. The average molecular weight is 193 g/mol. The molecule has 0 aromatic carbocycles. The van der Waals surface area contributed by atoms with Gasteiger partial charge < -0.3 is 10.0 Å². The standard InChI is InChI=1S/C10H15N3O/c14-7-9-3-1-2-6-13(9)10-4-5-11-8-12-10/h4-5,8-9,14H,1-3,6-7H2. The molecule has 1 atom stereocenters. The molecule has 1 aromatic rings. The summed E-state index contributed by atoms with van der Waals surface area (Å²) in [6.45, 7) is 1.20. The van der Waals surface area contributed by atoms with E-state index in [1.807, 2.05) is 6.07 Å². The first-order valence-electron chi connectivity index (χ1n) is 5.05. The lowest BCUT2D eigenvalue weighted by Gasteiger charge is -2.35. The summed E-state index contributed by atoms with van der Waals surface area (Å²) in [5, 5.41) is 9.24. The number of aromatic nitrogens is 2. The van der Waals surface area contributed by atoms with Crippen LogP contribution >= 0.6 is 0 Å². The van der Waals surface area contributed by atoms with Gasteiger partial charge in [0.1, 0.15) is 12.1 Å². The van der Waals surface area contributed by atoms with Gasteiger partial charge >= 0.3 is 0 Å². The minimum atomic E-state index is 0.212. The van der Waals surface area contributed by atoms with Gasteiger partial charge in [0, 0.05) is 12.7 Å². The Kier molecular flexibility index (Phi) is 2.93. The fraction of sp³-hybridized carbons (Fsp3) is 0.600. The van der Waals surface area contributed by atoms with Crippen molar-refractivity contribution in [1.82, 2.24) is 9.97 Å². The minimum Gasteiger partial charge on any atom is -0.394 e. The average Bonchev–Trinajstić information content (AvgIpc) is 2.30. The van der Waals surface area contributed by atoms with E-state index in [1.54, 1.807) is 12.5 Å². The van der Waals surface area contributed by atoms with Crippen LogP contribution in [-0.4, -0.2) is 34.3 Å². The zero-order valence-corrected chi connectivity index (χ0v) is 8.13. The third-order valence-electron chi connectivity index (χ3n) is 2.70. The van der Waals surface area contributed by atoms with Crippen molar-refractivity contribution in [2.75, 3.05) is 18.1 Å². The number of hydrogen-bond donors (Lipinski definition) is 1. The lowest BCUT2D eigenvalue weighted by molar-refractivity contribution is 0.239. The fourth-order valence-electron chi connectivity index (χ4n) is 1.95. The van der Waals surface area contributed by atoms with Crippen molar-refractivity contribution < 1.29 is 5.11 Å². The number of aliphatic hydroxyl groups is 1. The van der Waals surface area contributed by atoms with E-state index in [9.17, 15) is 5.11 Å². The first kappa shape index (κ1) is 9.40. The van der Waals surface area contributed by atoms with Gasteiger partial charge in [-0.3, -0.25) is 0 Å². The maximum absolute atomic E-state index is 9.24. The highest BCUT2D eigenvalue weighted by molar-refractivity contribution is 5.38. The number of piperidine rings is 1. The van der Waals surface area contributed by atoms with E-state index in [2.05, 4.69) is 14.9 Å². The number of rotatable bonds is 2. The Balaban J connectivity index is 2.15. The Labute approximate surface area is 83.6 Å². The second kappa shape index (κ2) is 4.37. The molecule has 1 saturated heterocycles. The van der Waals surface area contributed by atoms with Crippen molar-refractivity contribution in [3.8, 4) is 0 Å². The van der Waals surface area contributed by atoms with E-state index in [-0.39, 0.29) is 12.6 Å². The molecule has 0 bridgehead atoms. The maximum atomic E-state index is 9.24. The Morgan fingerprint density at radius 3 is 3.14 bits per heavy atom. The van der Waals surface area contributed by atoms with Gasteiger partial charge in [-0.15, -0.1) is 0 Å². The molecule has 0 amide bonds. The molecule has 4 heteroatoms. The highest BCUT2D eigenvalue weighted by Crippen LogP contribution is 2.21. The van der Waals surface area contributed by atoms with Crippen LogP contribution in [0.3, 0.4) is 0 Å². The van der Waals surface area contributed by atoms with Crippen molar-refractivity contribution in [1.29, 1.82) is 0 Å². The van der Waals surface area contributed by atoms with Gasteiger partial charge in [0.05, 0.1) is 12.6 Å².